The summed E-state index contributed by atoms with van der Waals surface area (Å²) < 4.78 is 0. The minimum atomic E-state index is -0.844. The second kappa shape index (κ2) is 4.68. The minimum Gasteiger partial charge on any atom is -0.177 e. The maximum absolute atomic E-state index is 6.17. The number of halogens is 4. The van der Waals surface area contributed by atoms with Gasteiger partial charge in [0.05, 0.1) is 10.1 Å². The Morgan fingerprint density at radius 1 is 0.929 bits per heavy atom. The molecule has 0 aromatic rings. The van der Waals surface area contributed by atoms with Crippen LogP contribution in [-0.2, 0) is 0 Å². The summed E-state index contributed by atoms with van der Waals surface area (Å²) in [7, 11) is 0. The van der Waals surface area contributed by atoms with Crippen molar-refractivity contribution >= 4 is 71.7 Å². The first-order valence-electron chi connectivity index (χ1n) is 3.76. The molecule has 0 aliphatic heterocycles. The zero-order chi connectivity index (χ0) is 11.0. The molecule has 1 aliphatic rings. The molecule has 6 heteroatoms. The average Bonchev–Trinajstić information content (AvgIpc) is 2.21. The van der Waals surface area contributed by atoms with E-state index in [0.717, 1.165) is 0 Å². The molecule has 0 aromatic carbocycles. The van der Waals surface area contributed by atoms with Gasteiger partial charge < -0.3 is 0 Å². The van der Waals surface area contributed by atoms with Crippen LogP contribution in [0.4, 0.5) is 0 Å². The largest absolute Gasteiger partial charge is 0.177 e. The zero-order valence-corrected chi connectivity index (χ0v) is 11.8. The number of allylic oxidation sites excluding steroid dienone is 4. The van der Waals surface area contributed by atoms with E-state index in [1.54, 1.807) is 12.2 Å². The monoisotopic (exact) mass is 308 g/mol. The molecule has 0 saturated heterocycles. The van der Waals surface area contributed by atoms with Gasteiger partial charge in [-0.05, 0) is 0 Å². The highest BCUT2D eigenvalue weighted by atomic mass is 35.5. The standard InChI is InChI=1S/C8H8Cl4S2/c9-5-6(10)8(12,4-14)2-1-7(5,11)3-13/h1-2,13-14H,3-4H2. The maximum Gasteiger partial charge on any atom is 0.108 e. The molecule has 0 bridgehead atoms. The fourth-order valence-corrected chi connectivity index (χ4v) is 2.74. The topological polar surface area (TPSA) is 0 Å². The van der Waals surface area contributed by atoms with Gasteiger partial charge in [0.2, 0.25) is 0 Å². The molecule has 0 amide bonds. The van der Waals surface area contributed by atoms with Crippen LogP contribution in [0.2, 0.25) is 0 Å². The summed E-state index contributed by atoms with van der Waals surface area (Å²) in [5, 5.41) is 0.643. The van der Waals surface area contributed by atoms with Crippen LogP contribution < -0.4 is 0 Å². The lowest BCUT2D eigenvalue weighted by Gasteiger charge is -2.32. The number of rotatable bonds is 2. The number of alkyl halides is 2. The van der Waals surface area contributed by atoms with Gasteiger partial charge in [0.15, 0.2) is 0 Å². The lowest BCUT2D eigenvalue weighted by molar-refractivity contribution is 0.867. The van der Waals surface area contributed by atoms with Crippen molar-refractivity contribution in [2.75, 3.05) is 11.5 Å². The minimum absolute atomic E-state index is 0.322. The van der Waals surface area contributed by atoms with Gasteiger partial charge in [0.25, 0.3) is 0 Å². The van der Waals surface area contributed by atoms with Crippen LogP contribution >= 0.6 is 71.7 Å². The molecule has 0 saturated carbocycles. The molecule has 2 atom stereocenters. The molecule has 0 nitrogen and oxygen atoms in total. The number of hydrogen-bond acceptors (Lipinski definition) is 2. The summed E-state index contributed by atoms with van der Waals surface area (Å²) in [6.45, 7) is 0. The summed E-state index contributed by atoms with van der Waals surface area (Å²) in [6.07, 6.45) is 3.41. The first-order chi connectivity index (χ1) is 6.39. The van der Waals surface area contributed by atoms with E-state index in [1.807, 2.05) is 0 Å². The molecule has 14 heavy (non-hydrogen) atoms. The molecule has 2 unspecified atom stereocenters. The van der Waals surface area contributed by atoms with Crippen LogP contribution in [0.1, 0.15) is 0 Å². The lowest BCUT2D eigenvalue weighted by Crippen LogP contribution is -2.34. The third kappa shape index (κ3) is 2.21. The van der Waals surface area contributed by atoms with Crippen molar-refractivity contribution in [1.29, 1.82) is 0 Å². The number of hydrogen-bond donors (Lipinski definition) is 2. The Kier molecular flexibility index (Phi) is 4.49. The Bertz CT molecular complexity index is 274. The van der Waals surface area contributed by atoms with E-state index in [-0.39, 0.29) is 0 Å². The summed E-state index contributed by atoms with van der Waals surface area (Å²) in [5.41, 5.74) is 0. The van der Waals surface area contributed by atoms with E-state index in [0.29, 0.717) is 21.6 Å². The van der Waals surface area contributed by atoms with Crippen molar-refractivity contribution in [3.05, 3.63) is 22.2 Å². The Hall–Kier alpha value is 1.34. The van der Waals surface area contributed by atoms with Crippen LogP contribution in [0.5, 0.6) is 0 Å². The van der Waals surface area contributed by atoms with Crippen LogP contribution in [0, 0.1) is 0 Å². The predicted molar refractivity (Wildman–Crippen MR) is 72.7 cm³/mol. The van der Waals surface area contributed by atoms with Crippen molar-refractivity contribution < 1.29 is 0 Å². The normalized spacial score (nSPS) is 37.9. The molecule has 0 radical (unpaired) electrons. The SMILES string of the molecule is SCC1(Cl)C=CC(Cl)(CS)C(Cl)=C1Cl. The second-order valence-electron chi connectivity index (χ2n) is 3.00. The van der Waals surface area contributed by atoms with Gasteiger partial charge in [0, 0.05) is 11.5 Å². The van der Waals surface area contributed by atoms with Gasteiger partial charge in [-0.2, -0.15) is 25.3 Å². The molecule has 0 spiro atoms. The third-order valence-electron chi connectivity index (χ3n) is 1.99. The molecular weight excluding hydrogens is 302 g/mol. The molecule has 1 rings (SSSR count). The highest BCUT2D eigenvalue weighted by Crippen LogP contribution is 2.46. The summed E-state index contributed by atoms with van der Waals surface area (Å²) in [6, 6.07) is 0. The van der Waals surface area contributed by atoms with Crippen LogP contribution in [0.3, 0.4) is 0 Å². The zero-order valence-electron chi connectivity index (χ0n) is 6.98. The van der Waals surface area contributed by atoms with Gasteiger partial charge in [-0.1, -0.05) is 35.4 Å². The van der Waals surface area contributed by atoms with Crippen LogP contribution in [0.15, 0.2) is 22.2 Å². The molecule has 1 aliphatic carbocycles. The lowest BCUT2D eigenvalue weighted by atomic mass is 9.96. The highest BCUT2D eigenvalue weighted by molar-refractivity contribution is 7.80. The Morgan fingerprint density at radius 3 is 1.43 bits per heavy atom. The van der Waals surface area contributed by atoms with Gasteiger partial charge in [0.1, 0.15) is 9.75 Å². The Morgan fingerprint density at radius 2 is 1.21 bits per heavy atom. The van der Waals surface area contributed by atoms with E-state index in [4.69, 9.17) is 46.4 Å². The fraction of sp³-hybridized carbons (Fsp3) is 0.500. The number of thiol groups is 2. The molecule has 80 valence electrons. The molecular formula is C8H8Cl4S2. The Balaban J connectivity index is 3.17. The van der Waals surface area contributed by atoms with E-state index in [1.165, 1.54) is 0 Å². The van der Waals surface area contributed by atoms with Crippen molar-refractivity contribution in [2.24, 2.45) is 0 Å². The average molecular weight is 310 g/mol. The van der Waals surface area contributed by atoms with Gasteiger partial charge >= 0.3 is 0 Å². The van der Waals surface area contributed by atoms with Crippen molar-refractivity contribution in [2.45, 2.75) is 9.75 Å². The van der Waals surface area contributed by atoms with Gasteiger partial charge in [-0.15, -0.1) is 23.2 Å². The van der Waals surface area contributed by atoms with E-state index in [9.17, 15) is 0 Å². The Labute approximate surface area is 114 Å². The predicted octanol–water partition coefficient (Wildman–Crippen LogP) is 4.06. The molecule has 0 fully saturated rings. The highest BCUT2D eigenvalue weighted by Gasteiger charge is 2.40. The van der Waals surface area contributed by atoms with E-state index >= 15 is 0 Å². The van der Waals surface area contributed by atoms with Gasteiger partial charge in [-0.3, -0.25) is 0 Å². The molecule has 0 heterocycles. The quantitative estimate of drug-likeness (QED) is 0.429. The summed E-state index contributed by atoms with van der Waals surface area (Å²) in [5.74, 6) is 0.722. The summed E-state index contributed by atoms with van der Waals surface area (Å²) in [4.78, 5) is -1.69. The first kappa shape index (κ1) is 13.4. The van der Waals surface area contributed by atoms with Gasteiger partial charge in [-0.25, -0.2) is 0 Å². The van der Waals surface area contributed by atoms with Crippen LogP contribution in [-0.4, -0.2) is 21.3 Å². The maximum atomic E-state index is 6.17. The summed E-state index contributed by atoms with van der Waals surface area (Å²) >= 11 is 32.6. The third-order valence-corrected chi connectivity index (χ3v) is 5.60. The second-order valence-corrected chi connectivity index (χ2v) is 5.74. The van der Waals surface area contributed by atoms with Crippen molar-refractivity contribution in [3.63, 3.8) is 0 Å². The molecule has 0 aromatic heterocycles. The fourth-order valence-electron chi connectivity index (χ4n) is 1.02. The van der Waals surface area contributed by atoms with Crippen molar-refractivity contribution in [1.82, 2.24) is 0 Å². The van der Waals surface area contributed by atoms with E-state index < -0.39 is 9.75 Å². The van der Waals surface area contributed by atoms with E-state index in [2.05, 4.69) is 25.3 Å². The first-order valence-corrected chi connectivity index (χ1v) is 6.53. The molecule has 0 N–H and O–H groups in total. The smallest absolute Gasteiger partial charge is 0.108 e. The van der Waals surface area contributed by atoms with Crippen molar-refractivity contribution in [3.8, 4) is 0 Å². The van der Waals surface area contributed by atoms with Crippen LogP contribution in [0.25, 0.3) is 0 Å².